The molecule has 3 N–H and O–H groups in total. The summed E-state index contributed by atoms with van der Waals surface area (Å²) in [5, 5.41) is 7.83. The number of hydrogen-bond donors (Lipinski definition) is 3. The Labute approximate surface area is 93.5 Å². The number of nitrogens with one attached hydrogen (secondary N) is 3. The Morgan fingerprint density at radius 1 is 1.56 bits per heavy atom. The second-order valence-corrected chi connectivity index (χ2v) is 3.61. The van der Waals surface area contributed by atoms with Gasteiger partial charge in [0.25, 0.3) is 0 Å². The molecule has 1 aliphatic heterocycles. The van der Waals surface area contributed by atoms with Gasteiger partial charge in [0, 0.05) is 20.6 Å². The van der Waals surface area contributed by atoms with Gasteiger partial charge in [-0.05, 0) is 0 Å². The van der Waals surface area contributed by atoms with Gasteiger partial charge in [-0.3, -0.25) is 19.7 Å². The highest BCUT2D eigenvalue weighted by molar-refractivity contribution is 5.89. The van der Waals surface area contributed by atoms with Gasteiger partial charge < -0.3 is 15.5 Å². The smallest absolute Gasteiger partial charge is 0.241 e. The Balaban J connectivity index is 2.44. The highest BCUT2D eigenvalue weighted by atomic mass is 16.2. The van der Waals surface area contributed by atoms with Crippen molar-refractivity contribution in [3.05, 3.63) is 0 Å². The van der Waals surface area contributed by atoms with Crippen molar-refractivity contribution in [3.63, 3.8) is 0 Å². The topological polar surface area (TPSA) is 90.5 Å². The Hall–Kier alpha value is -1.63. The normalized spacial score (nSPS) is 19.9. The molecule has 0 saturated carbocycles. The van der Waals surface area contributed by atoms with Crippen molar-refractivity contribution < 1.29 is 14.4 Å². The number of amides is 3. The zero-order valence-corrected chi connectivity index (χ0v) is 9.37. The molecule has 0 aliphatic carbocycles. The zero-order chi connectivity index (χ0) is 12.1. The van der Waals surface area contributed by atoms with Crippen molar-refractivity contribution >= 4 is 17.7 Å². The molecule has 0 aromatic rings. The lowest BCUT2D eigenvalue weighted by atomic mass is 10.2. The van der Waals surface area contributed by atoms with Crippen LogP contribution in [0.4, 0.5) is 0 Å². The predicted molar refractivity (Wildman–Crippen MR) is 56.5 cm³/mol. The van der Waals surface area contributed by atoms with Crippen LogP contribution < -0.4 is 16.0 Å². The molecule has 16 heavy (non-hydrogen) atoms. The van der Waals surface area contributed by atoms with Crippen molar-refractivity contribution in [1.29, 1.82) is 0 Å². The maximum absolute atomic E-state index is 11.8. The lowest BCUT2D eigenvalue weighted by molar-refractivity contribution is -0.137. The largest absolute Gasteiger partial charge is 0.358 e. The van der Waals surface area contributed by atoms with Gasteiger partial charge in [0.15, 0.2) is 0 Å². The van der Waals surface area contributed by atoms with E-state index in [9.17, 15) is 14.4 Å². The third kappa shape index (κ3) is 3.20. The van der Waals surface area contributed by atoms with Crippen LogP contribution in [0.15, 0.2) is 0 Å². The van der Waals surface area contributed by atoms with Gasteiger partial charge in [0.05, 0.1) is 13.1 Å². The van der Waals surface area contributed by atoms with Crippen LogP contribution in [0.1, 0.15) is 0 Å². The Kier molecular flexibility index (Phi) is 4.24. The summed E-state index contributed by atoms with van der Waals surface area (Å²) < 4.78 is 0. The first-order chi connectivity index (χ1) is 7.54. The molecule has 1 atom stereocenters. The molecule has 0 spiro atoms. The van der Waals surface area contributed by atoms with E-state index >= 15 is 0 Å². The fraction of sp³-hybridized carbons (Fsp3) is 0.667. The number of likely N-dealkylation sites (N-methyl/N-ethyl adjacent to an activating group) is 2. The van der Waals surface area contributed by atoms with Gasteiger partial charge in [-0.15, -0.1) is 0 Å². The van der Waals surface area contributed by atoms with Gasteiger partial charge in [0.1, 0.15) is 6.04 Å². The van der Waals surface area contributed by atoms with E-state index in [0.717, 1.165) is 0 Å². The molecule has 3 amide bonds. The third-order valence-electron chi connectivity index (χ3n) is 2.35. The molecule has 1 saturated heterocycles. The molecule has 1 heterocycles. The summed E-state index contributed by atoms with van der Waals surface area (Å²) in [5.74, 6) is -0.558. The molecule has 7 heteroatoms. The standard InChI is InChI=1S/C9H16N4O3/c1-10-8(15)5-13(2)9(16)6-3-12-7(14)4-11-6/h6,11H,3-5H2,1-2H3,(H,10,15)(H,12,14). The van der Waals surface area contributed by atoms with Crippen LogP contribution in [0.25, 0.3) is 0 Å². The lowest BCUT2D eigenvalue weighted by Crippen LogP contribution is -2.58. The minimum atomic E-state index is -0.452. The average molecular weight is 228 g/mol. The number of piperazine rings is 1. The van der Waals surface area contributed by atoms with E-state index in [0.29, 0.717) is 0 Å². The quantitative estimate of drug-likeness (QED) is 0.489. The second kappa shape index (κ2) is 5.45. The van der Waals surface area contributed by atoms with Crippen LogP contribution in [-0.4, -0.2) is 62.4 Å². The molecule has 90 valence electrons. The summed E-state index contributed by atoms with van der Waals surface area (Å²) in [4.78, 5) is 35.0. The van der Waals surface area contributed by atoms with Crippen molar-refractivity contribution in [1.82, 2.24) is 20.9 Å². The molecule has 1 rings (SSSR count). The van der Waals surface area contributed by atoms with E-state index < -0.39 is 6.04 Å². The maximum Gasteiger partial charge on any atom is 0.241 e. The van der Waals surface area contributed by atoms with E-state index in [4.69, 9.17) is 0 Å². The first kappa shape index (κ1) is 12.4. The van der Waals surface area contributed by atoms with Gasteiger partial charge in [-0.1, -0.05) is 0 Å². The Bertz CT molecular complexity index is 295. The summed E-state index contributed by atoms with van der Waals surface area (Å²) in [6, 6.07) is -0.452. The summed E-state index contributed by atoms with van der Waals surface area (Å²) in [7, 11) is 3.06. The SMILES string of the molecule is CNC(=O)CN(C)C(=O)C1CNC(=O)CN1. The highest BCUT2D eigenvalue weighted by Crippen LogP contribution is 1.95. The van der Waals surface area contributed by atoms with Crippen LogP contribution >= 0.6 is 0 Å². The number of carbonyl (C=O) groups is 3. The van der Waals surface area contributed by atoms with E-state index in [-0.39, 0.29) is 37.4 Å². The van der Waals surface area contributed by atoms with Crippen LogP contribution in [0.5, 0.6) is 0 Å². The fourth-order valence-electron chi connectivity index (χ4n) is 1.38. The van der Waals surface area contributed by atoms with Crippen molar-refractivity contribution in [2.24, 2.45) is 0 Å². The van der Waals surface area contributed by atoms with E-state index in [1.807, 2.05) is 0 Å². The number of rotatable bonds is 3. The van der Waals surface area contributed by atoms with Crippen molar-refractivity contribution in [3.8, 4) is 0 Å². The third-order valence-corrected chi connectivity index (χ3v) is 2.35. The molecule has 0 aromatic heterocycles. The van der Waals surface area contributed by atoms with Gasteiger partial charge >= 0.3 is 0 Å². The maximum atomic E-state index is 11.8. The number of hydrogen-bond acceptors (Lipinski definition) is 4. The van der Waals surface area contributed by atoms with Crippen molar-refractivity contribution in [2.75, 3.05) is 33.7 Å². The predicted octanol–water partition coefficient (Wildman–Crippen LogP) is -2.72. The van der Waals surface area contributed by atoms with Gasteiger partial charge in [-0.2, -0.15) is 0 Å². The molecule has 0 radical (unpaired) electrons. The van der Waals surface area contributed by atoms with Crippen LogP contribution in [0.3, 0.4) is 0 Å². The highest BCUT2D eigenvalue weighted by Gasteiger charge is 2.26. The van der Waals surface area contributed by atoms with Gasteiger partial charge in [0.2, 0.25) is 17.7 Å². The summed E-state index contributed by atoms with van der Waals surface area (Å²) in [5.41, 5.74) is 0. The summed E-state index contributed by atoms with van der Waals surface area (Å²) in [6.45, 7) is 0.404. The molecule has 0 bridgehead atoms. The Morgan fingerprint density at radius 3 is 2.75 bits per heavy atom. The molecule has 1 unspecified atom stereocenters. The lowest BCUT2D eigenvalue weighted by Gasteiger charge is -2.27. The summed E-state index contributed by atoms with van der Waals surface area (Å²) >= 11 is 0. The molecule has 0 aromatic carbocycles. The van der Waals surface area contributed by atoms with E-state index in [1.54, 1.807) is 7.05 Å². The molecule has 7 nitrogen and oxygen atoms in total. The fourth-order valence-corrected chi connectivity index (χ4v) is 1.38. The molecular formula is C9H16N4O3. The van der Waals surface area contributed by atoms with Crippen LogP contribution in [0, 0.1) is 0 Å². The van der Waals surface area contributed by atoms with E-state index in [1.165, 1.54) is 11.9 Å². The van der Waals surface area contributed by atoms with Crippen LogP contribution in [-0.2, 0) is 14.4 Å². The monoisotopic (exact) mass is 228 g/mol. The van der Waals surface area contributed by atoms with Crippen molar-refractivity contribution in [2.45, 2.75) is 6.04 Å². The molecule has 1 aliphatic rings. The zero-order valence-electron chi connectivity index (χ0n) is 9.37. The average Bonchev–Trinajstić information content (AvgIpc) is 2.28. The Morgan fingerprint density at radius 2 is 2.25 bits per heavy atom. The minimum absolute atomic E-state index is 0.0153. The minimum Gasteiger partial charge on any atom is -0.358 e. The first-order valence-electron chi connectivity index (χ1n) is 5.00. The summed E-state index contributed by atoms with van der Waals surface area (Å²) in [6.07, 6.45) is 0. The first-order valence-corrected chi connectivity index (χ1v) is 5.00. The van der Waals surface area contributed by atoms with E-state index in [2.05, 4.69) is 16.0 Å². The molecule has 1 fully saturated rings. The molecular weight excluding hydrogens is 212 g/mol. The number of nitrogens with zero attached hydrogens (tertiary/aromatic N) is 1. The second-order valence-electron chi connectivity index (χ2n) is 3.61. The number of carbonyl (C=O) groups excluding carboxylic acids is 3. The van der Waals surface area contributed by atoms with Crippen LogP contribution in [0.2, 0.25) is 0 Å². The van der Waals surface area contributed by atoms with Gasteiger partial charge in [-0.25, -0.2) is 0 Å².